The van der Waals surface area contributed by atoms with Crippen molar-refractivity contribution in [2.75, 3.05) is 5.32 Å². The molecule has 0 saturated heterocycles. The van der Waals surface area contributed by atoms with Crippen molar-refractivity contribution in [3.63, 3.8) is 0 Å². The standard InChI is InChI=1S/C25H24Cl2FN5O/c1-14-23(27)16(3)32(30-14)12-18-5-7-19(8-6-18)25(34)29-24-15(2)31-33(17(24)4)13-20-9-10-21(28)11-22(20)26/h5-11H,12-13H2,1-4H3,(H,29,34). The van der Waals surface area contributed by atoms with Crippen LogP contribution in [0, 0.1) is 33.5 Å². The lowest BCUT2D eigenvalue weighted by atomic mass is 10.1. The number of aryl methyl sites for hydroxylation is 2. The summed E-state index contributed by atoms with van der Waals surface area (Å²) >= 11 is 12.4. The maximum Gasteiger partial charge on any atom is 0.255 e. The van der Waals surface area contributed by atoms with Crippen LogP contribution in [0.25, 0.3) is 0 Å². The molecule has 0 bridgehead atoms. The Morgan fingerprint density at radius 3 is 2.18 bits per heavy atom. The normalized spacial score (nSPS) is 11.1. The smallest absolute Gasteiger partial charge is 0.255 e. The van der Waals surface area contributed by atoms with Crippen molar-refractivity contribution in [2.24, 2.45) is 0 Å². The molecular formula is C25H24Cl2FN5O. The molecule has 34 heavy (non-hydrogen) atoms. The second kappa shape index (κ2) is 9.60. The molecular weight excluding hydrogens is 476 g/mol. The molecule has 0 aliphatic heterocycles. The highest BCUT2D eigenvalue weighted by Gasteiger charge is 2.17. The van der Waals surface area contributed by atoms with Crippen LogP contribution in [-0.2, 0) is 13.1 Å². The Morgan fingerprint density at radius 2 is 1.56 bits per heavy atom. The van der Waals surface area contributed by atoms with Gasteiger partial charge in [0.2, 0.25) is 0 Å². The predicted molar refractivity (Wildman–Crippen MR) is 132 cm³/mol. The number of halogens is 3. The minimum atomic E-state index is -0.389. The van der Waals surface area contributed by atoms with Gasteiger partial charge in [-0.25, -0.2) is 4.39 Å². The topological polar surface area (TPSA) is 64.7 Å². The molecule has 2 aromatic carbocycles. The van der Waals surface area contributed by atoms with E-state index >= 15 is 0 Å². The van der Waals surface area contributed by atoms with E-state index in [1.54, 1.807) is 22.9 Å². The fraction of sp³-hybridized carbons (Fsp3) is 0.240. The summed E-state index contributed by atoms with van der Waals surface area (Å²) in [5.74, 6) is -0.619. The van der Waals surface area contributed by atoms with E-state index in [0.717, 1.165) is 28.2 Å². The molecule has 0 radical (unpaired) electrons. The third kappa shape index (κ3) is 4.86. The fourth-order valence-electron chi connectivity index (χ4n) is 3.79. The molecule has 1 amide bonds. The summed E-state index contributed by atoms with van der Waals surface area (Å²) < 4.78 is 16.9. The molecule has 4 rings (SSSR count). The van der Waals surface area contributed by atoms with Gasteiger partial charge < -0.3 is 5.32 Å². The number of hydrogen-bond donors (Lipinski definition) is 1. The van der Waals surface area contributed by atoms with Gasteiger partial charge in [0.15, 0.2) is 0 Å². The van der Waals surface area contributed by atoms with Crippen LogP contribution in [0.15, 0.2) is 42.5 Å². The summed E-state index contributed by atoms with van der Waals surface area (Å²) in [6.07, 6.45) is 0. The van der Waals surface area contributed by atoms with Gasteiger partial charge in [-0.2, -0.15) is 10.2 Å². The summed E-state index contributed by atoms with van der Waals surface area (Å²) in [6, 6.07) is 11.6. The zero-order valence-corrected chi connectivity index (χ0v) is 20.8. The molecule has 2 heterocycles. The molecule has 4 aromatic rings. The molecule has 0 spiro atoms. The van der Waals surface area contributed by atoms with Gasteiger partial charge in [-0.1, -0.05) is 41.4 Å². The largest absolute Gasteiger partial charge is 0.319 e. The van der Waals surface area contributed by atoms with Crippen molar-refractivity contribution in [3.05, 3.63) is 97.8 Å². The lowest BCUT2D eigenvalue weighted by Gasteiger charge is -2.09. The van der Waals surface area contributed by atoms with E-state index < -0.39 is 0 Å². The highest BCUT2D eigenvalue weighted by molar-refractivity contribution is 6.32. The van der Waals surface area contributed by atoms with E-state index in [9.17, 15) is 9.18 Å². The first-order chi connectivity index (χ1) is 16.1. The predicted octanol–water partition coefficient (Wildman–Crippen LogP) is 6.11. The maximum absolute atomic E-state index is 13.3. The summed E-state index contributed by atoms with van der Waals surface area (Å²) in [7, 11) is 0. The average Bonchev–Trinajstić information content (AvgIpc) is 3.20. The number of benzene rings is 2. The number of amides is 1. The third-order valence-corrected chi connectivity index (χ3v) is 6.70. The molecule has 0 aliphatic rings. The van der Waals surface area contributed by atoms with Crippen LogP contribution in [0.2, 0.25) is 10.0 Å². The van der Waals surface area contributed by atoms with Crippen LogP contribution in [-0.4, -0.2) is 25.5 Å². The Morgan fingerprint density at radius 1 is 0.912 bits per heavy atom. The van der Waals surface area contributed by atoms with E-state index in [0.29, 0.717) is 40.1 Å². The monoisotopic (exact) mass is 499 g/mol. The van der Waals surface area contributed by atoms with Crippen LogP contribution in [0.5, 0.6) is 0 Å². The first-order valence-electron chi connectivity index (χ1n) is 10.7. The highest BCUT2D eigenvalue weighted by Crippen LogP contribution is 2.24. The minimum absolute atomic E-state index is 0.230. The van der Waals surface area contributed by atoms with Gasteiger partial charge in [0.1, 0.15) is 5.82 Å². The van der Waals surface area contributed by atoms with Crippen LogP contribution in [0.4, 0.5) is 10.1 Å². The lowest BCUT2D eigenvalue weighted by molar-refractivity contribution is 0.102. The van der Waals surface area contributed by atoms with Gasteiger partial charge >= 0.3 is 0 Å². The van der Waals surface area contributed by atoms with Crippen LogP contribution >= 0.6 is 23.2 Å². The van der Waals surface area contributed by atoms with Crippen molar-refractivity contribution in [2.45, 2.75) is 40.8 Å². The lowest BCUT2D eigenvalue weighted by Crippen LogP contribution is -2.13. The quantitative estimate of drug-likeness (QED) is 0.348. The molecule has 0 fully saturated rings. The van der Waals surface area contributed by atoms with E-state index in [-0.39, 0.29) is 11.7 Å². The Hall–Kier alpha value is -3.16. The van der Waals surface area contributed by atoms with Crippen LogP contribution in [0.3, 0.4) is 0 Å². The number of aromatic nitrogens is 4. The van der Waals surface area contributed by atoms with Crippen molar-refractivity contribution >= 4 is 34.8 Å². The first kappa shape index (κ1) is 24.0. The number of anilines is 1. The van der Waals surface area contributed by atoms with Crippen LogP contribution < -0.4 is 5.32 Å². The van der Waals surface area contributed by atoms with Gasteiger partial charge in [0.25, 0.3) is 5.91 Å². The second-order valence-corrected chi connectivity index (χ2v) is 9.02. The second-order valence-electron chi connectivity index (χ2n) is 8.23. The van der Waals surface area contributed by atoms with E-state index in [1.807, 2.05) is 44.5 Å². The van der Waals surface area contributed by atoms with Crippen molar-refractivity contribution < 1.29 is 9.18 Å². The Balaban J connectivity index is 1.47. The van der Waals surface area contributed by atoms with Crippen molar-refractivity contribution in [1.29, 1.82) is 0 Å². The molecule has 1 N–H and O–H groups in total. The number of rotatable bonds is 6. The van der Waals surface area contributed by atoms with Gasteiger partial charge in [-0.15, -0.1) is 0 Å². The molecule has 6 nitrogen and oxygen atoms in total. The average molecular weight is 500 g/mol. The van der Waals surface area contributed by atoms with E-state index in [2.05, 4.69) is 15.5 Å². The molecule has 0 unspecified atom stereocenters. The zero-order chi connectivity index (χ0) is 24.6. The molecule has 0 aliphatic carbocycles. The fourth-order valence-corrected chi connectivity index (χ4v) is 4.15. The first-order valence-corrected chi connectivity index (χ1v) is 11.5. The Kier molecular flexibility index (Phi) is 6.77. The molecule has 0 saturated carbocycles. The molecule has 176 valence electrons. The summed E-state index contributed by atoms with van der Waals surface area (Å²) in [6.45, 7) is 8.44. The van der Waals surface area contributed by atoms with Gasteiger partial charge in [-0.3, -0.25) is 14.2 Å². The minimum Gasteiger partial charge on any atom is -0.319 e. The Labute approximate surface area is 207 Å². The highest BCUT2D eigenvalue weighted by atomic mass is 35.5. The summed E-state index contributed by atoms with van der Waals surface area (Å²) in [4.78, 5) is 12.9. The van der Waals surface area contributed by atoms with E-state index in [4.69, 9.17) is 23.2 Å². The number of carbonyl (C=O) groups is 1. The zero-order valence-electron chi connectivity index (χ0n) is 19.3. The number of carbonyl (C=O) groups excluding carboxylic acids is 1. The van der Waals surface area contributed by atoms with Gasteiger partial charge in [-0.05, 0) is 63.1 Å². The van der Waals surface area contributed by atoms with Crippen molar-refractivity contribution in [1.82, 2.24) is 19.6 Å². The molecule has 2 aromatic heterocycles. The van der Waals surface area contributed by atoms with Gasteiger partial charge in [0.05, 0.1) is 46.6 Å². The third-order valence-electron chi connectivity index (χ3n) is 5.80. The van der Waals surface area contributed by atoms with Crippen molar-refractivity contribution in [3.8, 4) is 0 Å². The number of hydrogen-bond acceptors (Lipinski definition) is 3. The Bertz CT molecular complexity index is 1380. The maximum atomic E-state index is 13.3. The summed E-state index contributed by atoms with van der Waals surface area (Å²) in [5, 5.41) is 12.9. The van der Waals surface area contributed by atoms with E-state index in [1.165, 1.54) is 12.1 Å². The molecule has 0 atom stereocenters. The van der Waals surface area contributed by atoms with Crippen LogP contribution in [0.1, 0.15) is 44.3 Å². The SMILES string of the molecule is Cc1nn(Cc2ccc(C(=O)Nc3c(C)nn(Cc4ccc(F)cc4Cl)c3C)cc2)c(C)c1Cl. The number of nitrogens with one attached hydrogen (secondary N) is 1. The van der Waals surface area contributed by atoms with Gasteiger partial charge in [0, 0.05) is 10.6 Å². The molecule has 9 heteroatoms. The summed E-state index contributed by atoms with van der Waals surface area (Å²) in [5.41, 5.74) is 6.09. The number of nitrogens with zero attached hydrogens (tertiary/aromatic N) is 4.